The SMILES string of the molecule is CCCC1C[N+]2(CCCC2)CN1C(C)(C)CC. The molecule has 2 heterocycles. The van der Waals surface area contributed by atoms with Crippen molar-refractivity contribution in [2.75, 3.05) is 26.3 Å². The second kappa shape index (κ2) is 4.89. The summed E-state index contributed by atoms with van der Waals surface area (Å²) in [5, 5.41) is 0. The van der Waals surface area contributed by atoms with Crippen molar-refractivity contribution >= 4 is 0 Å². The van der Waals surface area contributed by atoms with Gasteiger partial charge in [-0.3, -0.25) is 0 Å². The van der Waals surface area contributed by atoms with Crippen molar-refractivity contribution in [1.82, 2.24) is 4.90 Å². The van der Waals surface area contributed by atoms with Crippen LogP contribution in [0.2, 0.25) is 0 Å². The van der Waals surface area contributed by atoms with Crippen molar-refractivity contribution in [3.05, 3.63) is 0 Å². The third-order valence-corrected chi connectivity index (χ3v) is 5.27. The van der Waals surface area contributed by atoms with Gasteiger partial charge in [0.1, 0.15) is 6.67 Å². The summed E-state index contributed by atoms with van der Waals surface area (Å²) < 4.78 is 1.41. The van der Waals surface area contributed by atoms with Gasteiger partial charge in [0.25, 0.3) is 0 Å². The van der Waals surface area contributed by atoms with E-state index in [1.54, 1.807) is 0 Å². The summed E-state index contributed by atoms with van der Waals surface area (Å²) in [5.41, 5.74) is 0.393. The number of quaternary nitrogens is 1. The Morgan fingerprint density at radius 3 is 2.35 bits per heavy atom. The van der Waals surface area contributed by atoms with E-state index in [-0.39, 0.29) is 0 Å². The van der Waals surface area contributed by atoms with Crippen LogP contribution in [0.3, 0.4) is 0 Å². The minimum absolute atomic E-state index is 0.393. The molecule has 0 aromatic rings. The molecule has 17 heavy (non-hydrogen) atoms. The van der Waals surface area contributed by atoms with Gasteiger partial charge in [-0.2, -0.15) is 0 Å². The summed E-state index contributed by atoms with van der Waals surface area (Å²) >= 11 is 0. The molecule has 0 aliphatic carbocycles. The van der Waals surface area contributed by atoms with Crippen LogP contribution in [0.1, 0.15) is 59.8 Å². The summed E-state index contributed by atoms with van der Waals surface area (Å²) in [6, 6.07) is 0.841. The lowest BCUT2D eigenvalue weighted by molar-refractivity contribution is -0.910. The van der Waals surface area contributed by atoms with Gasteiger partial charge < -0.3 is 4.48 Å². The van der Waals surface area contributed by atoms with Crippen LogP contribution >= 0.6 is 0 Å². The Hall–Kier alpha value is -0.0800. The van der Waals surface area contributed by atoms with Gasteiger partial charge in [0.15, 0.2) is 0 Å². The third kappa shape index (κ3) is 2.53. The van der Waals surface area contributed by atoms with E-state index in [1.807, 2.05) is 0 Å². The molecule has 2 saturated heterocycles. The van der Waals surface area contributed by atoms with E-state index in [2.05, 4.69) is 32.6 Å². The van der Waals surface area contributed by atoms with Crippen molar-refractivity contribution in [2.24, 2.45) is 0 Å². The zero-order chi connectivity index (χ0) is 12.5. The molecule has 2 rings (SSSR count). The zero-order valence-corrected chi connectivity index (χ0v) is 12.3. The lowest BCUT2D eigenvalue weighted by Gasteiger charge is -2.37. The summed E-state index contributed by atoms with van der Waals surface area (Å²) in [6.45, 7) is 15.2. The molecule has 0 saturated carbocycles. The Labute approximate surface area is 108 Å². The van der Waals surface area contributed by atoms with E-state index in [0.29, 0.717) is 5.54 Å². The lowest BCUT2D eigenvalue weighted by Crippen LogP contribution is -2.49. The highest BCUT2D eigenvalue weighted by atomic mass is 15.5. The van der Waals surface area contributed by atoms with E-state index in [1.165, 1.54) is 62.9 Å². The number of rotatable bonds is 4. The Bertz CT molecular complexity index is 254. The molecule has 1 spiro atoms. The highest BCUT2D eigenvalue weighted by molar-refractivity contribution is 4.88. The highest BCUT2D eigenvalue weighted by Crippen LogP contribution is 2.35. The van der Waals surface area contributed by atoms with Crippen molar-refractivity contribution in [2.45, 2.75) is 71.4 Å². The molecule has 100 valence electrons. The molecule has 2 nitrogen and oxygen atoms in total. The predicted molar refractivity (Wildman–Crippen MR) is 73.9 cm³/mol. The maximum absolute atomic E-state index is 2.84. The van der Waals surface area contributed by atoms with Crippen LogP contribution in [-0.2, 0) is 0 Å². The Morgan fingerprint density at radius 1 is 1.18 bits per heavy atom. The largest absolute Gasteiger partial charge is 0.310 e. The summed E-state index contributed by atoms with van der Waals surface area (Å²) in [4.78, 5) is 2.84. The normalized spacial score (nSPS) is 29.3. The van der Waals surface area contributed by atoms with Crippen LogP contribution < -0.4 is 0 Å². The summed E-state index contributed by atoms with van der Waals surface area (Å²) in [5.74, 6) is 0. The summed E-state index contributed by atoms with van der Waals surface area (Å²) in [6.07, 6.45) is 6.91. The first-order valence-corrected chi connectivity index (χ1v) is 7.65. The Morgan fingerprint density at radius 2 is 1.82 bits per heavy atom. The standard InChI is InChI=1S/C15H31N2/c1-5-9-14-12-17(10-7-8-11-17)13-16(14)15(3,4)6-2/h14H,5-13H2,1-4H3/q+1. The van der Waals surface area contributed by atoms with Crippen molar-refractivity contribution in [3.8, 4) is 0 Å². The van der Waals surface area contributed by atoms with Gasteiger partial charge in [-0.25, -0.2) is 4.90 Å². The van der Waals surface area contributed by atoms with Crippen molar-refractivity contribution < 1.29 is 4.48 Å². The van der Waals surface area contributed by atoms with Gasteiger partial charge >= 0.3 is 0 Å². The fraction of sp³-hybridized carbons (Fsp3) is 1.00. The molecule has 0 bridgehead atoms. The van der Waals surface area contributed by atoms with E-state index in [9.17, 15) is 0 Å². The second-order valence-electron chi connectivity index (χ2n) is 6.90. The van der Waals surface area contributed by atoms with E-state index >= 15 is 0 Å². The van der Waals surface area contributed by atoms with E-state index < -0.39 is 0 Å². The molecule has 1 atom stereocenters. The molecule has 1 unspecified atom stereocenters. The number of hydrogen-bond donors (Lipinski definition) is 0. The van der Waals surface area contributed by atoms with Crippen LogP contribution in [0.4, 0.5) is 0 Å². The average Bonchev–Trinajstić information content (AvgIpc) is 2.88. The monoisotopic (exact) mass is 239 g/mol. The number of hydrogen-bond acceptors (Lipinski definition) is 1. The van der Waals surface area contributed by atoms with E-state index in [0.717, 1.165) is 6.04 Å². The smallest absolute Gasteiger partial charge is 0.136 e. The van der Waals surface area contributed by atoms with Crippen LogP contribution in [0.25, 0.3) is 0 Å². The second-order valence-corrected chi connectivity index (χ2v) is 6.90. The minimum Gasteiger partial charge on any atom is -0.310 e. The molecule has 2 aliphatic rings. The van der Waals surface area contributed by atoms with Gasteiger partial charge in [-0.1, -0.05) is 20.3 Å². The molecule has 0 aromatic heterocycles. The quantitative estimate of drug-likeness (QED) is 0.681. The highest BCUT2D eigenvalue weighted by Gasteiger charge is 2.48. The lowest BCUT2D eigenvalue weighted by atomic mass is 9.97. The Balaban J connectivity index is 2.12. The van der Waals surface area contributed by atoms with Crippen LogP contribution in [-0.4, -0.2) is 47.3 Å². The molecule has 0 radical (unpaired) electrons. The summed E-state index contributed by atoms with van der Waals surface area (Å²) in [7, 11) is 0. The van der Waals surface area contributed by atoms with Crippen LogP contribution in [0.5, 0.6) is 0 Å². The molecule has 0 N–H and O–H groups in total. The van der Waals surface area contributed by atoms with Crippen molar-refractivity contribution in [1.29, 1.82) is 0 Å². The molecule has 2 fully saturated rings. The molecular formula is C15H31N2+. The maximum Gasteiger partial charge on any atom is 0.136 e. The topological polar surface area (TPSA) is 3.24 Å². The van der Waals surface area contributed by atoms with Crippen LogP contribution in [0, 0.1) is 0 Å². The Kier molecular flexibility index (Phi) is 3.84. The van der Waals surface area contributed by atoms with Gasteiger partial charge in [-0.15, -0.1) is 0 Å². The molecular weight excluding hydrogens is 208 g/mol. The number of nitrogens with zero attached hydrogens (tertiary/aromatic N) is 2. The predicted octanol–water partition coefficient (Wildman–Crippen LogP) is 3.23. The first kappa shape index (κ1) is 13.4. The first-order valence-electron chi connectivity index (χ1n) is 7.65. The van der Waals surface area contributed by atoms with Gasteiger partial charge in [0.2, 0.25) is 0 Å². The molecule has 2 heteroatoms. The van der Waals surface area contributed by atoms with E-state index in [4.69, 9.17) is 0 Å². The third-order valence-electron chi connectivity index (χ3n) is 5.27. The minimum atomic E-state index is 0.393. The van der Waals surface area contributed by atoms with Gasteiger partial charge in [-0.05, 0) is 26.7 Å². The molecule has 0 aromatic carbocycles. The maximum atomic E-state index is 2.84. The van der Waals surface area contributed by atoms with Gasteiger partial charge in [0, 0.05) is 18.4 Å². The molecule has 0 amide bonds. The fourth-order valence-corrected chi connectivity index (χ4v) is 3.84. The zero-order valence-electron chi connectivity index (χ0n) is 12.3. The van der Waals surface area contributed by atoms with Gasteiger partial charge in [0.05, 0.1) is 25.7 Å². The average molecular weight is 239 g/mol. The van der Waals surface area contributed by atoms with Crippen LogP contribution in [0.15, 0.2) is 0 Å². The first-order chi connectivity index (χ1) is 8.03. The fourth-order valence-electron chi connectivity index (χ4n) is 3.84. The molecule has 2 aliphatic heterocycles. The van der Waals surface area contributed by atoms with Crippen molar-refractivity contribution in [3.63, 3.8) is 0 Å².